The number of hydrogen-bond acceptors (Lipinski definition) is 2. The van der Waals surface area contributed by atoms with Gasteiger partial charge in [-0.3, -0.25) is 0 Å². The molecule has 0 aliphatic rings. The topological polar surface area (TPSA) is 18.5 Å². The summed E-state index contributed by atoms with van der Waals surface area (Å²) in [6.45, 7) is 6.27. The van der Waals surface area contributed by atoms with Gasteiger partial charge in [0.05, 0.1) is 0 Å². The minimum Gasteiger partial charge on any atom is -0.486 e. The van der Waals surface area contributed by atoms with E-state index in [2.05, 4.69) is 0 Å². The molecule has 0 saturated heterocycles. The van der Waals surface area contributed by atoms with Crippen molar-refractivity contribution in [3.8, 4) is 17.2 Å². The normalized spacial score (nSPS) is 10.1. The van der Waals surface area contributed by atoms with Crippen LogP contribution in [0, 0.1) is 12.7 Å². The zero-order chi connectivity index (χ0) is 15.2. The Balaban J connectivity index is 2.12. The monoisotopic (exact) mass is 286 g/mol. The molecule has 0 unspecified atom stereocenters. The summed E-state index contributed by atoms with van der Waals surface area (Å²) in [5, 5.41) is 0. The molecule has 2 rings (SSSR count). The van der Waals surface area contributed by atoms with Crippen molar-refractivity contribution in [2.45, 2.75) is 20.8 Å². The predicted octanol–water partition coefficient (Wildman–Crippen LogP) is 5.27. The third-order valence-electron chi connectivity index (χ3n) is 2.86. The average Bonchev–Trinajstić information content (AvgIpc) is 2.42. The molecule has 0 radical (unpaired) electrons. The van der Waals surface area contributed by atoms with Crippen molar-refractivity contribution in [1.29, 1.82) is 0 Å². The Morgan fingerprint density at radius 1 is 1.10 bits per heavy atom. The van der Waals surface area contributed by atoms with E-state index >= 15 is 0 Å². The summed E-state index contributed by atoms with van der Waals surface area (Å²) in [4.78, 5) is 0. The first-order valence-corrected chi connectivity index (χ1v) is 6.85. The molecule has 3 heteroatoms. The van der Waals surface area contributed by atoms with Crippen molar-refractivity contribution in [2.75, 3.05) is 6.61 Å². The standard InChI is InChI=1S/C18H19FO2/c1-13(2)9-10-20-18-12-16(7-8-17(18)19)21-15-6-4-5-14(3)11-15/h4-9,11-12H,10H2,1-3H3. The van der Waals surface area contributed by atoms with E-state index in [1.807, 2.05) is 51.1 Å². The molecule has 110 valence electrons. The molecule has 0 heterocycles. The van der Waals surface area contributed by atoms with Crippen LogP contribution in [0.25, 0.3) is 0 Å². The molecule has 21 heavy (non-hydrogen) atoms. The molecule has 0 fully saturated rings. The second-order valence-electron chi connectivity index (χ2n) is 5.10. The average molecular weight is 286 g/mol. The Morgan fingerprint density at radius 2 is 1.86 bits per heavy atom. The summed E-state index contributed by atoms with van der Waals surface area (Å²) < 4.78 is 24.8. The Kier molecular flexibility index (Phi) is 4.99. The van der Waals surface area contributed by atoms with Crippen LogP contribution in [0.4, 0.5) is 4.39 Å². The van der Waals surface area contributed by atoms with E-state index in [9.17, 15) is 4.39 Å². The Hall–Kier alpha value is -2.29. The van der Waals surface area contributed by atoms with Crippen molar-refractivity contribution in [1.82, 2.24) is 0 Å². The lowest BCUT2D eigenvalue weighted by Gasteiger charge is -2.10. The molecular formula is C18H19FO2. The van der Waals surface area contributed by atoms with E-state index in [1.54, 1.807) is 12.1 Å². The molecule has 2 aromatic rings. The van der Waals surface area contributed by atoms with Gasteiger partial charge in [0.2, 0.25) is 0 Å². The maximum absolute atomic E-state index is 13.7. The van der Waals surface area contributed by atoms with Crippen LogP contribution in [-0.4, -0.2) is 6.61 Å². The van der Waals surface area contributed by atoms with Gasteiger partial charge in [-0.25, -0.2) is 4.39 Å². The number of benzene rings is 2. The number of ether oxygens (including phenoxy) is 2. The van der Waals surface area contributed by atoms with Gasteiger partial charge in [0.1, 0.15) is 18.1 Å². The van der Waals surface area contributed by atoms with E-state index in [0.29, 0.717) is 12.4 Å². The molecule has 2 nitrogen and oxygen atoms in total. The van der Waals surface area contributed by atoms with Gasteiger partial charge in [0, 0.05) is 6.07 Å². The third kappa shape index (κ3) is 4.63. The lowest BCUT2D eigenvalue weighted by molar-refractivity contribution is 0.338. The van der Waals surface area contributed by atoms with Gasteiger partial charge in [0.25, 0.3) is 0 Å². The van der Waals surface area contributed by atoms with Crippen LogP contribution >= 0.6 is 0 Å². The van der Waals surface area contributed by atoms with Crippen LogP contribution in [0.5, 0.6) is 17.2 Å². The summed E-state index contributed by atoms with van der Waals surface area (Å²) in [5.74, 6) is 1.07. The molecule has 0 amide bonds. The van der Waals surface area contributed by atoms with Crippen LogP contribution < -0.4 is 9.47 Å². The highest BCUT2D eigenvalue weighted by molar-refractivity contribution is 5.38. The predicted molar refractivity (Wildman–Crippen MR) is 82.6 cm³/mol. The third-order valence-corrected chi connectivity index (χ3v) is 2.86. The van der Waals surface area contributed by atoms with Gasteiger partial charge >= 0.3 is 0 Å². The maximum atomic E-state index is 13.7. The van der Waals surface area contributed by atoms with Crippen LogP contribution in [0.1, 0.15) is 19.4 Å². The lowest BCUT2D eigenvalue weighted by Crippen LogP contribution is -1.97. The minimum atomic E-state index is -0.395. The molecule has 0 aliphatic heterocycles. The molecule has 0 atom stereocenters. The van der Waals surface area contributed by atoms with E-state index in [1.165, 1.54) is 6.07 Å². The van der Waals surface area contributed by atoms with Gasteiger partial charge in [-0.2, -0.15) is 0 Å². The zero-order valence-electron chi connectivity index (χ0n) is 12.5. The first-order valence-electron chi connectivity index (χ1n) is 6.85. The molecule has 0 saturated carbocycles. The summed E-state index contributed by atoms with van der Waals surface area (Å²) in [7, 11) is 0. The van der Waals surface area contributed by atoms with Crippen LogP contribution in [0.3, 0.4) is 0 Å². The van der Waals surface area contributed by atoms with Crippen molar-refractivity contribution in [2.24, 2.45) is 0 Å². The van der Waals surface area contributed by atoms with Gasteiger partial charge in [-0.1, -0.05) is 17.7 Å². The zero-order valence-corrected chi connectivity index (χ0v) is 12.5. The molecule has 2 aromatic carbocycles. The SMILES string of the molecule is CC(C)=CCOc1cc(Oc2cccc(C)c2)ccc1F. The van der Waals surface area contributed by atoms with Gasteiger partial charge in [-0.05, 0) is 56.7 Å². The van der Waals surface area contributed by atoms with Gasteiger partial charge in [-0.15, -0.1) is 0 Å². The smallest absolute Gasteiger partial charge is 0.165 e. The molecule has 0 spiro atoms. The summed E-state index contributed by atoms with van der Waals surface area (Å²) in [5.41, 5.74) is 2.23. The first kappa shape index (κ1) is 15.1. The number of rotatable bonds is 5. The van der Waals surface area contributed by atoms with Crippen LogP contribution in [0.2, 0.25) is 0 Å². The van der Waals surface area contributed by atoms with Crippen molar-refractivity contribution >= 4 is 0 Å². The maximum Gasteiger partial charge on any atom is 0.165 e. The van der Waals surface area contributed by atoms with Crippen LogP contribution in [-0.2, 0) is 0 Å². The Labute approximate surface area is 124 Å². The fourth-order valence-electron chi connectivity index (χ4n) is 1.77. The van der Waals surface area contributed by atoms with Crippen LogP contribution in [0.15, 0.2) is 54.1 Å². The van der Waals surface area contributed by atoms with Gasteiger partial charge < -0.3 is 9.47 Å². The number of hydrogen-bond donors (Lipinski definition) is 0. The highest BCUT2D eigenvalue weighted by Crippen LogP contribution is 2.28. The van der Waals surface area contributed by atoms with Crippen molar-refractivity contribution in [3.63, 3.8) is 0 Å². The molecule has 0 aliphatic carbocycles. The summed E-state index contributed by atoms with van der Waals surface area (Å²) in [6.07, 6.45) is 1.90. The van der Waals surface area contributed by atoms with E-state index in [4.69, 9.17) is 9.47 Å². The van der Waals surface area contributed by atoms with E-state index < -0.39 is 5.82 Å². The lowest BCUT2D eigenvalue weighted by atomic mass is 10.2. The highest BCUT2D eigenvalue weighted by atomic mass is 19.1. The van der Waals surface area contributed by atoms with Gasteiger partial charge in [0.15, 0.2) is 11.6 Å². The first-order chi connectivity index (χ1) is 10.0. The molecular weight excluding hydrogens is 267 g/mol. The second kappa shape index (κ2) is 6.93. The Bertz CT molecular complexity index is 643. The summed E-state index contributed by atoms with van der Waals surface area (Å²) in [6, 6.07) is 12.2. The molecule has 0 bridgehead atoms. The van der Waals surface area contributed by atoms with E-state index in [0.717, 1.165) is 16.9 Å². The van der Waals surface area contributed by atoms with Crippen molar-refractivity contribution < 1.29 is 13.9 Å². The minimum absolute atomic E-state index is 0.192. The molecule has 0 aromatic heterocycles. The fraction of sp³-hybridized carbons (Fsp3) is 0.222. The fourth-order valence-corrected chi connectivity index (χ4v) is 1.77. The molecule has 0 N–H and O–H groups in total. The highest BCUT2D eigenvalue weighted by Gasteiger charge is 2.06. The van der Waals surface area contributed by atoms with E-state index in [-0.39, 0.29) is 5.75 Å². The summed E-state index contributed by atoms with van der Waals surface area (Å²) >= 11 is 0. The van der Waals surface area contributed by atoms with Crippen molar-refractivity contribution in [3.05, 3.63) is 65.5 Å². The number of allylic oxidation sites excluding steroid dienone is 1. The largest absolute Gasteiger partial charge is 0.486 e. The quantitative estimate of drug-likeness (QED) is 0.697. The second-order valence-corrected chi connectivity index (χ2v) is 5.10. The number of halogens is 1. The Morgan fingerprint density at radius 3 is 2.57 bits per heavy atom. The number of aryl methyl sites for hydroxylation is 1.